The van der Waals surface area contributed by atoms with Gasteiger partial charge in [-0.1, -0.05) is 19.3 Å². The van der Waals surface area contributed by atoms with Crippen molar-refractivity contribution in [3.63, 3.8) is 0 Å². The molecule has 0 aromatic heterocycles. The molecule has 1 N–H and O–H groups in total. The van der Waals surface area contributed by atoms with E-state index < -0.39 is 0 Å². The molecule has 3 fully saturated rings. The van der Waals surface area contributed by atoms with E-state index in [1.54, 1.807) is 0 Å². The van der Waals surface area contributed by atoms with E-state index in [4.69, 9.17) is 4.74 Å². The number of rotatable bonds is 7. The van der Waals surface area contributed by atoms with E-state index in [1.165, 1.54) is 32.1 Å². The molecule has 1 heterocycles. The highest BCUT2D eigenvalue weighted by molar-refractivity contribution is 5.94. The van der Waals surface area contributed by atoms with Gasteiger partial charge in [0.2, 0.25) is 5.91 Å². The number of carbonyl (C=O) groups excluding carboxylic acids is 2. The van der Waals surface area contributed by atoms with E-state index >= 15 is 0 Å². The first-order chi connectivity index (χ1) is 14.2. The van der Waals surface area contributed by atoms with Crippen molar-refractivity contribution in [2.45, 2.75) is 70.3 Å². The summed E-state index contributed by atoms with van der Waals surface area (Å²) in [4.78, 5) is 26.8. The van der Waals surface area contributed by atoms with Crippen LogP contribution >= 0.6 is 0 Å². The average molecular weight is 399 g/mol. The number of likely N-dealkylation sites (tertiary alicyclic amines) is 1. The van der Waals surface area contributed by atoms with Gasteiger partial charge in [0.05, 0.1) is 6.61 Å². The molecule has 1 atom stereocenters. The van der Waals surface area contributed by atoms with E-state index in [9.17, 15) is 9.59 Å². The van der Waals surface area contributed by atoms with Crippen molar-refractivity contribution >= 4 is 11.8 Å². The van der Waals surface area contributed by atoms with Crippen LogP contribution in [0.5, 0.6) is 5.75 Å². The Morgan fingerprint density at radius 2 is 1.66 bits per heavy atom. The quantitative estimate of drug-likeness (QED) is 0.750. The molecule has 2 aliphatic carbocycles. The molecular formula is C24H34N2O3. The lowest BCUT2D eigenvalue weighted by Gasteiger charge is -2.34. The highest BCUT2D eigenvalue weighted by Gasteiger charge is 2.27. The number of hydrogen-bond acceptors (Lipinski definition) is 3. The maximum absolute atomic E-state index is 12.7. The number of nitrogens with zero attached hydrogens (tertiary/aromatic N) is 1. The number of ether oxygens (including phenoxy) is 1. The SMILES string of the molecule is O=C(NC1CC1)c1ccc(OCC2CCCN(C(=O)CC3CCCCC3)C2)cc1. The van der Waals surface area contributed by atoms with Gasteiger partial charge in [-0.05, 0) is 68.7 Å². The minimum Gasteiger partial charge on any atom is -0.493 e. The van der Waals surface area contributed by atoms with Crippen LogP contribution in [0.1, 0.15) is 74.6 Å². The highest BCUT2D eigenvalue weighted by Crippen LogP contribution is 2.28. The minimum atomic E-state index is -0.00143. The monoisotopic (exact) mass is 398 g/mol. The van der Waals surface area contributed by atoms with Crippen molar-refractivity contribution in [3.05, 3.63) is 29.8 Å². The molecule has 3 aliphatic rings. The van der Waals surface area contributed by atoms with Crippen LogP contribution in [0.15, 0.2) is 24.3 Å². The zero-order chi connectivity index (χ0) is 20.1. The molecule has 1 aromatic carbocycles. The van der Waals surface area contributed by atoms with Crippen molar-refractivity contribution < 1.29 is 14.3 Å². The van der Waals surface area contributed by atoms with Gasteiger partial charge in [-0.2, -0.15) is 0 Å². The van der Waals surface area contributed by atoms with E-state index in [-0.39, 0.29) is 5.91 Å². The molecule has 0 bridgehead atoms. The second-order valence-electron chi connectivity index (χ2n) is 9.14. The van der Waals surface area contributed by atoms with Crippen molar-refractivity contribution in [3.8, 4) is 5.75 Å². The Bertz CT molecular complexity index is 693. The summed E-state index contributed by atoms with van der Waals surface area (Å²) in [5.41, 5.74) is 0.682. The second kappa shape index (κ2) is 9.64. The molecular weight excluding hydrogens is 364 g/mol. The van der Waals surface area contributed by atoms with Crippen LogP contribution in [-0.2, 0) is 4.79 Å². The lowest BCUT2D eigenvalue weighted by Crippen LogP contribution is -2.42. The van der Waals surface area contributed by atoms with Gasteiger partial charge < -0.3 is 15.0 Å². The largest absolute Gasteiger partial charge is 0.493 e. The Balaban J connectivity index is 1.21. The van der Waals surface area contributed by atoms with Gasteiger partial charge in [-0.3, -0.25) is 9.59 Å². The highest BCUT2D eigenvalue weighted by atomic mass is 16.5. The zero-order valence-electron chi connectivity index (χ0n) is 17.4. The van der Waals surface area contributed by atoms with Crippen LogP contribution in [0, 0.1) is 11.8 Å². The first kappa shape index (κ1) is 20.2. The van der Waals surface area contributed by atoms with Gasteiger partial charge in [0.15, 0.2) is 0 Å². The van der Waals surface area contributed by atoms with Crippen LogP contribution in [0.3, 0.4) is 0 Å². The lowest BCUT2D eigenvalue weighted by molar-refractivity contribution is -0.134. The first-order valence-corrected chi connectivity index (χ1v) is 11.5. The second-order valence-corrected chi connectivity index (χ2v) is 9.14. The molecule has 2 amide bonds. The third kappa shape index (κ3) is 5.97. The Kier molecular flexibility index (Phi) is 6.73. The van der Waals surface area contributed by atoms with Crippen LogP contribution in [0.25, 0.3) is 0 Å². The van der Waals surface area contributed by atoms with Crippen LogP contribution in [0.4, 0.5) is 0 Å². The van der Waals surface area contributed by atoms with Crippen molar-refractivity contribution in [1.82, 2.24) is 10.2 Å². The molecule has 1 saturated heterocycles. The summed E-state index contributed by atoms with van der Waals surface area (Å²) in [6, 6.07) is 7.77. The van der Waals surface area contributed by atoms with Crippen molar-refractivity contribution in [2.24, 2.45) is 11.8 Å². The smallest absolute Gasteiger partial charge is 0.251 e. The predicted octanol–water partition coefficient (Wildman–Crippen LogP) is 4.17. The molecule has 5 nitrogen and oxygen atoms in total. The molecule has 29 heavy (non-hydrogen) atoms. The Labute approximate surface area is 174 Å². The van der Waals surface area contributed by atoms with Gasteiger partial charge in [0.25, 0.3) is 5.91 Å². The fourth-order valence-electron chi connectivity index (χ4n) is 4.61. The van der Waals surface area contributed by atoms with Gasteiger partial charge >= 0.3 is 0 Å². The van der Waals surface area contributed by atoms with Crippen LogP contribution in [-0.4, -0.2) is 42.5 Å². The summed E-state index contributed by atoms with van der Waals surface area (Å²) in [7, 11) is 0. The number of benzene rings is 1. The fourth-order valence-corrected chi connectivity index (χ4v) is 4.61. The zero-order valence-corrected chi connectivity index (χ0v) is 17.4. The van der Waals surface area contributed by atoms with Crippen LogP contribution in [0.2, 0.25) is 0 Å². The molecule has 1 unspecified atom stereocenters. The van der Waals surface area contributed by atoms with E-state index in [0.717, 1.165) is 50.9 Å². The van der Waals surface area contributed by atoms with Gasteiger partial charge in [0.1, 0.15) is 5.75 Å². The van der Waals surface area contributed by atoms with E-state index in [2.05, 4.69) is 10.2 Å². The maximum atomic E-state index is 12.7. The lowest BCUT2D eigenvalue weighted by atomic mass is 9.86. The summed E-state index contributed by atoms with van der Waals surface area (Å²) < 4.78 is 5.98. The Morgan fingerprint density at radius 3 is 2.38 bits per heavy atom. The molecule has 0 spiro atoms. The maximum Gasteiger partial charge on any atom is 0.251 e. The van der Waals surface area contributed by atoms with Crippen LogP contribution < -0.4 is 10.1 Å². The average Bonchev–Trinajstić information content (AvgIpc) is 3.57. The molecule has 5 heteroatoms. The van der Waals surface area contributed by atoms with Gasteiger partial charge in [-0.15, -0.1) is 0 Å². The summed E-state index contributed by atoms with van der Waals surface area (Å²) in [6.07, 6.45) is 11.4. The predicted molar refractivity (Wildman–Crippen MR) is 113 cm³/mol. The number of nitrogens with one attached hydrogen (secondary N) is 1. The standard InChI is InChI=1S/C24H34N2O3/c27-23(15-18-5-2-1-3-6-18)26-14-4-7-19(16-26)17-29-22-12-8-20(9-13-22)24(28)25-21-10-11-21/h8-9,12-13,18-19,21H,1-7,10-11,14-17H2,(H,25,28). The molecule has 1 aromatic rings. The number of amides is 2. The van der Waals surface area contributed by atoms with E-state index in [1.807, 2.05) is 24.3 Å². The molecule has 158 valence electrons. The molecule has 4 rings (SSSR count). The fraction of sp³-hybridized carbons (Fsp3) is 0.667. The van der Waals surface area contributed by atoms with Gasteiger partial charge in [0, 0.05) is 37.0 Å². The first-order valence-electron chi connectivity index (χ1n) is 11.5. The number of hydrogen-bond donors (Lipinski definition) is 1. The van der Waals surface area contributed by atoms with Crippen molar-refractivity contribution in [1.29, 1.82) is 0 Å². The third-order valence-electron chi connectivity index (χ3n) is 6.57. The topological polar surface area (TPSA) is 58.6 Å². The minimum absolute atomic E-state index is 0.00143. The van der Waals surface area contributed by atoms with Crippen molar-refractivity contribution in [2.75, 3.05) is 19.7 Å². The van der Waals surface area contributed by atoms with E-state index in [0.29, 0.717) is 36.0 Å². The summed E-state index contributed by atoms with van der Waals surface area (Å²) in [5, 5.41) is 3.00. The third-order valence-corrected chi connectivity index (χ3v) is 6.57. The summed E-state index contributed by atoms with van der Waals surface area (Å²) >= 11 is 0. The summed E-state index contributed by atoms with van der Waals surface area (Å²) in [5.74, 6) is 2.12. The molecule has 2 saturated carbocycles. The molecule has 1 aliphatic heterocycles. The Morgan fingerprint density at radius 1 is 0.931 bits per heavy atom. The number of piperidine rings is 1. The number of carbonyl (C=O) groups is 2. The van der Waals surface area contributed by atoms with Gasteiger partial charge in [-0.25, -0.2) is 0 Å². The normalized spacial score (nSPS) is 22.9. The molecule has 0 radical (unpaired) electrons. The summed E-state index contributed by atoms with van der Waals surface area (Å²) in [6.45, 7) is 2.33. The Hall–Kier alpha value is -2.04.